The van der Waals surface area contributed by atoms with Crippen LogP contribution in [-0.4, -0.2) is 35.2 Å². The number of benzene rings is 1. The van der Waals surface area contributed by atoms with Gasteiger partial charge in [0.2, 0.25) is 11.8 Å². The van der Waals surface area contributed by atoms with Gasteiger partial charge in [0.25, 0.3) is 5.91 Å². The molecule has 0 radical (unpaired) electrons. The van der Waals surface area contributed by atoms with E-state index >= 15 is 0 Å². The lowest BCUT2D eigenvalue weighted by Gasteiger charge is -2.33. The quantitative estimate of drug-likeness (QED) is 0.601. The fraction of sp³-hybridized carbons (Fsp3) is 0.308. The van der Waals surface area contributed by atoms with E-state index in [9.17, 15) is 18.8 Å². The van der Waals surface area contributed by atoms with E-state index in [-0.39, 0.29) is 17.8 Å². The van der Waals surface area contributed by atoms with Crippen molar-refractivity contribution < 1.29 is 18.8 Å². The van der Waals surface area contributed by atoms with Crippen LogP contribution in [0.25, 0.3) is 0 Å². The van der Waals surface area contributed by atoms with E-state index in [4.69, 9.17) is 5.73 Å². The molecule has 0 saturated carbocycles. The summed E-state index contributed by atoms with van der Waals surface area (Å²) in [6.45, 7) is 1.44. The van der Waals surface area contributed by atoms with Crippen LogP contribution in [0.15, 0.2) is 18.2 Å². The third-order valence-corrected chi connectivity index (χ3v) is 3.13. The first-order valence-corrected chi connectivity index (χ1v) is 6.13. The molecule has 0 bridgehead atoms. The average molecular weight is 279 g/mol. The van der Waals surface area contributed by atoms with E-state index in [0.29, 0.717) is 6.42 Å². The number of imide groups is 1. The Morgan fingerprint density at radius 1 is 1.50 bits per heavy atom. The second kappa shape index (κ2) is 5.28. The molecule has 7 heteroatoms. The molecule has 106 valence electrons. The summed E-state index contributed by atoms with van der Waals surface area (Å²) < 4.78 is 13.8. The molecular weight excluding hydrogens is 265 g/mol. The smallest absolute Gasteiger partial charge is 0.257 e. The van der Waals surface area contributed by atoms with Crippen molar-refractivity contribution in [3.05, 3.63) is 29.6 Å². The highest BCUT2D eigenvalue weighted by molar-refractivity contribution is 6.07. The van der Waals surface area contributed by atoms with Crippen LogP contribution in [0.2, 0.25) is 0 Å². The first-order valence-electron chi connectivity index (χ1n) is 6.13. The normalized spacial score (nSPS) is 18.9. The summed E-state index contributed by atoms with van der Waals surface area (Å²) in [6.07, 6.45) is 0.335. The Labute approximate surface area is 114 Å². The van der Waals surface area contributed by atoms with Gasteiger partial charge in [-0.15, -0.1) is 0 Å². The Morgan fingerprint density at radius 3 is 2.80 bits per heavy atom. The van der Waals surface area contributed by atoms with Crippen molar-refractivity contribution in [2.45, 2.75) is 19.4 Å². The van der Waals surface area contributed by atoms with E-state index in [1.165, 1.54) is 12.1 Å². The molecule has 1 atom stereocenters. The second-order valence-electron chi connectivity index (χ2n) is 4.51. The number of amides is 3. The molecule has 20 heavy (non-hydrogen) atoms. The van der Waals surface area contributed by atoms with Crippen LogP contribution in [0.1, 0.15) is 23.7 Å². The molecule has 1 aliphatic heterocycles. The van der Waals surface area contributed by atoms with Gasteiger partial charge in [-0.2, -0.15) is 0 Å². The average Bonchev–Trinajstić information content (AvgIpc) is 2.37. The van der Waals surface area contributed by atoms with Crippen molar-refractivity contribution in [2.24, 2.45) is 0 Å². The van der Waals surface area contributed by atoms with Crippen LogP contribution in [0.4, 0.5) is 10.1 Å². The number of rotatable bonds is 2. The molecule has 1 saturated heterocycles. The van der Waals surface area contributed by atoms with Crippen LogP contribution in [0, 0.1) is 5.82 Å². The molecule has 0 aliphatic carbocycles. The highest BCUT2D eigenvalue weighted by Crippen LogP contribution is 2.18. The predicted molar refractivity (Wildman–Crippen MR) is 69.1 cm³/mol. The Balaban J connectivity index is 2.34. The zero-order valence-electron chi connectivity index (χ0n) is 10.9. The summed E-state index contributed by atoms with van der Waals surface area (Å²) in [6, 6.07) is 2.89. The zero-order chi connectivity index (χ0) is 14.9. The molecule has 2 rings (SSSR count). The molecule has 1 aromatic carbocycles. The van der Waals surface area contributed by atoms with Gasteiger partial charge in [-0.1, -0.05) is 6.92 Å². The highest BCUT2D eigenvalue weighted by Gasteiger charge is 2.36. The van der Waals surface area contributed by atoms with Crippen molar-refractivity contribution >= 4 is 23.4 Å². The van der Waals surface area contributed by atoms with Crippen molar-refractivity contribution in [1.82, 2.24) is 10.2 Å². The lowest BCUT2D eigenvalue weighted by atomic mass is 10.1. The van der Waals surface area contributed by atoms with Gasteiger partial charge in [-0.05, 0) is 24.6 Å². The molecule has 1 fully saturated rings. The third kappa shape index (κ3) is 2.47. The maximum Gasteiger partial charge on any atom is 0.257 e. The van der Waals surface area contributed by atoms with Crippen molar-refractivity contribution in [3.8, 4) is 0 Å². The molecule has 3 amide bonds. The monoisotopic (exact) mass is 279 g/mol. The number of nitrogens with one attached hydrogen (secondary N) is 1. The summed E-state index contributed by atoms with van der Waals surface area (Å²) in [5, 5.41) is 2.15. The minimum atomic E-state index is -0.780. The molecule has 1 aromatic rings. The van der Waals surface area contributed by atoms with E-state index in [1.54, 1.807) is 6.92 Å². The minimum absolute atomic E-state index is 0.193. The van der Waals surface area contributed by atoms with Crippen LogP contribution < -0.4 is 11.1 Å². The summed E-state index contributed by atoms with van der Waals surface area (Å²) in [7, 11) is 0. The topological polar surface area (TPSA) is 92.5 Å². The van der Waals surface area contributed by atoms with Gasteiger partial charge in [0.05, 0.1) is 5.56 Å². The van der Waals surface area contributed by atoms with Crippen molar-refractivity contribution in [2.75, 3.05) is 12.3 Å². The van der Waals surface area contributed by atoms with E-state index < -0.39 is 29.6 Å². The van der Waals surface area contributed by atoms with Crippen LogP contribution in [0.3, 0.4) is 0 Å². The third-order valence-electron chi connectivity index (χ3n) is 3.13. The number of nitrogens with zero attached hydrogens (tertiary/aromatic N) is 1. The van der Waals surface area contributed by atoms with Crippen molar-refractivity contribution in [1.29, 1.82) is 0 Å². The van der Waals surface area contributed by atoms with Gasteiger partial charge in [0, 0.05) is 5.69 Å². The molecule has 1 unspecified atom stereocenters. The number of hydrogen-bond donors (Lipinski definition) is 2. The maximum atomic E-state index is 13.8. The summed E-state index contributed by atoms with van der Waals surface area (Å²) in [5.41, 5.74) is 5.41. The summed E-state index contributed by atoms with van der Waals surface area (Å²) >= 11 is 0. The Kier molecular flexibility index (Phi) is 3.69. The standard InChI is InChI=1S/C13H14FN3O3/c1-2-10-12(19)16-11(18)6-17(10)13(20)8-4-3-7(15)5-9(8)14/h3-5,10H,2,6,15H2,1H3,(H,16,18,19). The maximum absolute atomic E-state index is 13.8. The van der Waals surface area contributed by atoms with Gasteiger partial charge in [0.1, 0.15) is 18.4 Å². The first-order chi connectivity index (χ1) is 9.43. The number of carbonyl (C=O) groups is 3. The Bertz CT molecular complexity index is 588. The van der Waals surface area contributed by atoms with Crippen LogP contribution in [-0.2, 0) is 9.59 Å². The fourth-order valence-electron chi connectivity index (χ4n) is 2.15. The Morgan fingerprint density at radius 2 is 2.20 bits per heavy atom. The summed E-state index contributed by atoms with van der Waals surface area (Å²) in [4.78, 5) is 36.4. The van der Waals surface area contributed by atoms with Crippen molar-refractivity contribution in [3.63, 3.8) is 0 Å². The lowest BCUT2D eigenvalue weighted by molar-refractivity contribution is -0.138. The number of anilines is 1. The molecule has 3 N–H and O–H groups in total. The highest BCUT2D eigenvalue weighted by atomic mass is 19.1. The first kappa shape index (κ1) is 14.0. The SMILES string of the molecule is CCC1C(=O)NC(=O)CN1C(=O)c1ccc(N)cc1F. The van der Waals surface area contributed by atoms with Gasteiger partial charge < -0.3 is 10.6 Å². The van der Waals surface area contributed by atoms with E-state index in [1.807, 2.05) is 0 Å². The van der Waals surface area contributed by atoms with Gasteiger partial charge in [-0.25, -0.2) is 4.39 Å². The molecule has 0 spiro atoms. The molecule has 1 aliphatic rings. The van der Waals surface area contributed by atoms with Gasteiger partial charge in [0.15, 0.2) is 0 Å². The second-order valence-corrected chi connectivity index (χ2v) is 4.51. The zero-order valence-corrected chi connectivity index (χ0v) is 10.9. The number of nitrogen functional groups attached to an aromatic ring is 1. The fourth-order valence-corrected chi connectivity index (χ4v) is 2.15. The number of carbonyl (C=O) groups excluding carboxylic acids is 3. The van der Waals surface area contributed by atoms with Gasteiger partial charge in [-0.3, -0.25) is 19.7 Å². The number of halogens is 1. The molecule has 1 heterocycles. The number of nitrogens with two attached hydrogens (primary N) is 1. The van der Waals surface area contributed by atoms with Crippen LogP contribution in [0.5, 0.6) is 0 Å². The predicted octanol–water partition coefficient (Wildman–Crippen LogP) is 0.285. The van der Waals surface area contributed by atoms with Crippen LogP contribution >= 0.6 is 0 Å². The summed E-state index contributed by atoms with van der Waals surface area (Å²) in [5.74, 6) is -2.60. The lowest BCUT2D eigenvalue weighted by Crippen LogP contribution is -2.59. The van der Waals surface area contributed by atoms with E-state index in [0.717, 1.165) is 11.0 Å². The number of hydrogen-bond acceptors (Lipinski definition) is 4. The minimum Gasteiger partial charge on any atom is -0.399 e. The number of piperazine rings is 1. The Hall–Kier alpha value is -2.44. The molecule has 6 nitrogen and oxygen atoms in total. The largest absolute Gasteiger partial charge is 0.399 e. The molecule has 0 aromatic heterocycles. The van der Waals surface area contributed by atoms with Gasteiger partial charge >= 0.3 is 0 Å². The molecular formula is C13H14FN3O3. The van der Waals surface area contributed by atoms with E-state index in [2.05, 4.69) is 5.32 Å².